The summed E-state index contributed by atoms with van der Waals surface area (Å²) in [5.41, 5.74) is 0. The van der Waals surface area contributed by atoms with Crippen molar-refractivity contribution in [3.63, 3.8) is 0 Å². The molecule has 1 N–H and O–H groups in total. The van der Waals surface area contributed by atoms with Crippen molar-refractivity contribution in [3.05, 3.63) is 12.7 Å². The molecule has 0 aromatic rings. The van der Waals surface area contributed by atoms with Crippen LogP contribution in [0.5, 0.6) is 0 Å². The van der Waals surface area contributed by atoms with Crippen molar-refractivity contribution in [1.82, 2.24) is 4.90 Å². The van der Waals surface area contributed by atoms with Gasteiger partial charge in [-0.1, -0.05) is 6.08 Å². The Kier molecular flexibility index (Phi) is 5.38. The Morgan fingerprint density at radius 3 is 2.17 bits per heavy atom. The normalized spacial score (nSPS) is 23.7. The number of rotatable bonds is 5. The Bertz CT molecular complexity index is 317. The second-order valence-corrected chi connectivity index (χ2v) is 5.26. The van der Waals surface area contributed by atoms with Gasteiger partial charge in [-0.05, 0) is 39.5 Å². The molecule has 102 valence electrons. The van der Waals surface area contributed by atoms with Crippen molar-refractivity contribution in [2.24, 2.45) is 11.8 Å². The minimum Gasteiger partial charge on any atom is -0.481 e. The van der Waals surface area contributed by atoms with E-state index in [0.29, 0.717) is 32.2 Å². The lowest BCUT2D eigenvalue weighted by atomic mass is 9.81. The molecular weight excluding hydrogens is 230 g/mol. The summed E-state index contributed by atoms with van der Waals surface area (Å²) in [5.74, 6) is -0.856. The first-order valence-electron chi connectivity index (χ1n) is 6.61. The van der Waals surface area contributed by atoms with Crippen LogP contribution in [0.4, 0.5) is 0 Å². The van der Waals surface area contributed by atoms with E-state index < -0.39 is 5.97 Å². The Morgan fingerprint density at radius 2 is 1.78 bits per heavy atom. The van der Waals surface area contributed by atoms with E-state index in [1.807, 2.05) is 18.7 Å². The van der Waals surface area contributed by atoms with Gasteiger partial charge in [0.15, 0.2) is 0 Å². The lowest BCUT2D eigenvalue weighted by Crippen LogP contribution is -2.42. The molecule has 1 saturated carbocycles. The fourth-order valence-electron chi connectivity index (χ4n) is 2.52. The van der Waals surface area contributed by atoms with E-state index >= 15 is 0 Å². The van der Waals surface area contributed by atoms with Crippen molar-refractivity contribution in [2.45, 2.75) is 45.6 Å². The number of carboxylic acids is 1. The summed E-state index contributed by atoms with van der Waals surface area (Å²) in [6.45, 7) is 8.22. The average molecular weight is 253 g/mol. The van der Waals surface area contributed by atoms with Gasteiger partial charge in [-0.25, -0.2) is 0 Å². The third kappa shape index (κ3) is 3.59. The topological polar surface area (TPSA) is 57.6 Å². The summed E-state index contributed by atoms with van der Waals surface area (Å²) in [5, 5.41) is 8.94. The van der Waals surface area contributed by atoms with Crippen LogP contribution in [0, 0.1) is 11.8 Å². The monoisotopic (exact) mass is 253 g/mol. The maximum atomic E-state index is 12.3. The highest BCUT2D eigenvalue weighted by Gasteiger charge is 2.32. The van der Waals surface area contributed by atoms with Gasteiger partial charge in [0, 0.05) is 18.5 Å². The van der Waals surface area contributed by atoms with Gasteiger partial charge in [-0.3, -0.25) is 9.59 Å². The molecule has 0 bridgehead atoms. The predicted octanol–water partition coefficient (Wildman–Crippen LogP) is 2.30. The number of aliphatic carboxylic acids is 1. The molecule has 0 unspecified atom stereocenters. The van der Waals surface area contributed by atoms with E-state index in [-0.39, 0.29) is 23.8 Å². The van der Waals surface area contributed by atoms with Crippen molar-refractivity contribution in [2.75, 3.05) is 6.54 Å². The number of hydrogen-bond donors (Lipinski definition) is 1. The van der Waals surface area contributed by atoms with Crippen LogP contribution in [0.15, 0.2) is 12.7 Å². The van der Waals surface area contributed by atoms with Crippen LogP contribution < -0.4 is 0 Å². The van der Waals surface area contributed by atoms with Gasteiger partial charge in [0.2, 0.25) is 5.91 Å². The molecular formula is C14H23NO3. The first kappa shape index (κ1) is 14.7. The van der Waals surface area contributed by atoms with Crippen LogP contribution >= 0.6 is 0 Å². The van der Waals surface area contributed by atoms with Gasteiger partial charge in [0.25, 0.3) is 0 Å². The molecule has 0 radical (unpaired) electrons. The summed E-state index contributed by atoms with van der Waals surface area (Å²) in [6.07, 6.45) is 4.35. The summed E-state index contributed by atoms with van der Waals surface area (Å²) in [6, 6.07) is 0.160. The molecule has 0 spiro atoms. The number of carbonyl (C=O) groups excluding carboxylic acids is 1. The first-order valence-corrected chi connectivity index (χ1v) is 6.61. The molecule has 4 heteroatoms. The summed E-state index contributed by atoms with van der Waals surface area (Å²) in [4.78, 5) is 25.0. The number of hydrogen-bond acceptors (Lipinski definition) is 2. The van der Waals surface area contributed by atoms with Gasteiger partial charge in [-0.2, -0.15) is 0 Å². The van der Waals surface area contributed by atoms with Crippen molar-refractivity contribution < 1.29 is 14.7 Å². The van der Waals surface area contributed by atoms with E-state index in [1.165, 1.54) is 0 Å². The van der Waals surface area contributed by atoms with Gasteiger partial charge in [0.1, 0.15) is 0 Å². The highest BCUT2D eigenvalue weighted by atomic mass is 16.4. The third-order valence-electron chi connectivity index (χ3n) is 3.66. The molecule has 1 fully saturated rings. The Morgan fingerprint density at radius 1 is 1.28 bits per heavy atom. The van der Waals surface area contributed by atoms with E-state index in [1.54, 1.807) is 6.08 Å². The van der Waals surface area contributed by atoms with Gasteiger partial charge < -0.3 is 10.0 Å². The predicted molar refractivity (Wildman–Crippen MR) is 70.1 cm³/mol. The van der Waals surface area contributed by atoms with Crippen LogP contribution in [0.1, 0.15) is 39.5 Å². The fraction of sp³-hybridized carbons (Fsp3) is 0.714. The zero-order valence-electron chi connectivity index (χ0n) is 11.3. The Hall–Kier alpha value is -1.32. The molecule has 0 atom stereocenters. The van der Waals surface area contributed by atoms with E-state index in [2.05, 4.69) is 6.58 Å². The lowest BCUT2D eigenvalue weighted by molar-refractivity contribution is -0.146. The van der Waals surface area contributed by atoms with Crippen molar-refractivity contribution in [3.8, 4) is 0 Å². The van der Waals surface area contributed by atoms with Crippen LogP contribution in [-0.2, 0) is 9.59 Å². The molecule has 1 aliphatic rings. The molecule has 1 rings (SSSR count). The summed E-state index contributed by atoms with van der Waals surface area (Å²) >= 11 is 0. The third-order valence-corrected chi connectivity index (χ3v) is 3.66. The van der Waals surface area contributed by atoms with Crippen LogP contribution in [0.25, 0.3) is 0 Å². The molecule has 0 aliphatic heterocycles. The average Bonchev–Trinajstić information content (AvgIpc) is 2.35. The smallest absolute Gasteiger partial charge is 0.306 e. The second-order valence-electron chi connectivity index (χ2n) is 5.26. The largest absolute Gasteiger partial charge is 0.481 e. The maximum absolute atomic E-state index is 12.3. The molecule has 1 aliphatic carbocycles. The standard InChI is InChI=1S/C14H23NO3/c1-4-9-15(10(2)3)13(16)11-5-7-12(8-6-11)14(17)18/h4,10-12H,1,5-9H2,2-3H3,(H,17,18). The lowest BCUT2D eigenvalue weighted by Gasteiger charge is -2.32. The van der Waals surface area contributed by atoms with Crippen molar-refractivity contribution in [1.29, 1.82) is 0 Å². The van der Waals surface area contributed by atoms with E-state index in [9.17, 15) is 9.59 Å². The van der Waals surface area contributed by atoms with E-state index in [0.717, 1.165) is 0 Å². The highest BCUT2D eigenvalue weighted by Crippen LogP contribution is 2.30. The SMILES string of the molecule is C=CCN(C(=O)C1CCC(C(=O)O)CC1)C(C)C. The first-order chi connectivity index (χ1) is 8.47. The quantitative estimate of drug-likeness (QED) is 0.765. The molecule has 0 aromatic carbocycles. The molecule has 18 heavy (non-hydrogen) atoms. The second kappa shape index (κ2) is 6.57. The molecule has 0 saturated heterocycles. The molecule has 4 nitrogen and oxygen atoms in total. The minimum atomic E-state index is -0.729. The van der Waals surface area contributed by atoms with Gasteiger partial charge in [0.05, 0.1) is 5.92 Å². The van der Waals surface area contributed by atoms with Crippen molar-refractivity contribution >= 4 is 11.9 Å². The number of nitrogens with zero attached hydrogens (tertiary/aromatic N) is 1. The number of carbonyl (C=O) groups is 2. The zero-order chi connectivity index (χ0) is 13.7. The highest BCUT2D eigenvalue weighted by molar-refractivity contribution is 5.80. The zero-order valence-corrected chi connectivity index (χ0v) is 11.3. The number of carboxylic acid groups (broad SMARTS) is 1. The van der Waals surface area contributed by atoms with Gasteiger partial charge in [-0.15, -0.1) is 6.58 Å². The molecule has 0 aromatic heterocycles. The number of amides is 1. The Labute approximate surface area is 109 Å². The van der Waals surface area contributed by atoms with Gasteiger partial charge >= 0.3 is 5.97 Å². The molecule has 1 amide bonds. The van der Waals surface area contributed by atoms with E-state index in [4.69, 9.17) is 5.11 Å². The Balaban J connectivity index is 2.57. The van der Waals surface area contributed by atoms with Crippen LogP contribution in [0.2, 0.25) is 0 Å². The van der Waals surface area contributed by atoms with Crippen LogP contribution in [0.3, 0.4) is 0 Å². The van der Waals surface area contributed by atoms with Crippen LogP contribution in [-0.4, -0.2) is 34.5 Å². The molecule has 0 heterocycles. The maximum Gasteiger partial charge on any atom is 0.306 e. The summed E-state index contributed by atoms with van der Waals surface area (Å²) < 4.78 is 0. The minimum absolute atomic E-state index is 0.0112. The fourth-order valence-corrected chi connectivity index (χ4v) is 2.52. The summed E-state index contributed by atoms with van der Waals surface area (Å²) in [7, 11) is 0.